The molecule has 0 aliphatic carbocycles. The summed E-state index contributed by atoms with van der Waals surface area (Å²) >= 11 is 0.955. The van der Waals surface area contributed by atoms with Gasteiger partial charge in [0.1, 0.15) is 5.82 Å². The van der Waals surface area contributed by atoms with Gasteiger partial charge in [0.2, 0.25) is 0 Å². The molecular formula is C9H8FNO4S. The number of hydrogen-bond donors (Lipinski definition) is 1. The number of rotatable bonds is 5. The quantitative estimate of drug-likeness (QED) is 0.489. The molecule has 0 radical (unpaired) electrons. The predicted octanol–water partition coefficient (Wildman–Crippen LogP) is 2.30. The Labute approximate surface area is 94.4 Å². The number of carboxylic acid groups (broad SMARTS) is 1. The summed E-state index contributed by atoms with van der Waals surface area (Å²) in [4.78, 5) is 20.4. The van der Waals surface area contributed by atoms with Gasteiger partial charge in [-0.1, -0.05) is 0 Å². The van der Waals surface area contributed by atoms with Gasteiger partial charge in [-0.25, -0.2) is 4.39 Å². The van der Waals surface area contributed by atoms with Crippen LogP contribution in [0.15, 0.2) is 23.1 Å². The average Bonchev–Trinajstić information content (AvgIpc) is 2.16. The van der Waals surface area contributed by atoms with Crippen molar-refractivity contribution in [3.05, 3.63) is 34.1 Å². The van der Waals surface area contributed by atoms with Crippen LogP contribution in [0.2, 0.25) is 0 Å². The maximum Gasteiger partial charge on any atom is 0.304 e. The number of benzene rings is 1. The predicted molar refractivity (Wildman–Crippen MR) is 56.0 cm³/mol. The van der Waals surface area contributed by atoms with Crippen LogP contribution in [-0.4, -0.2) is 21.8 Å². The highest BCUT2D eigenvalue weighted by Gasteiger charge is 2.14. The van der Waals surface area contributed by atoms with Crippen molar-refractivity contribution in [2.45, 2.75) is 11.3 Å². The van der Waals surface area contributed by atoms with Crippen molar-refractivity contribution in [2.24, 2.45) is 0 Å². The van der Waals surface area contributed by atoms with Gasteiger partial charge in [-0.2, -0.15) is 0 Å². The van der Waals surface area contributed by atoms with E-state index in [0.29, 0.717) is 0 Å². The van der Waals surface area contributed by atoms with Gasteiger partial charge in [0, 0.05) is 11.8 Å². The second kappa shape index (κ2) is 5.45. The zero-order valence-electron chi connectivity index (χ0n) is 8.05. The first-order chi connectivity index (χ1) is 7.50. The molecule has 0 saturated carbocycles. The van der Waals surface area contributed by atoms with E-state index in [1.807, 2.05) is 0 Å². The lowest BCUT2D eigenvalue weighted by molar-refractivity contribution is -0.387. The first-order valence-corrected chi connectivity index (χ1v) is 5.28. The first kappa shape index (κ1) is 12.4. The summed E-state index contributed by atoms with van der Waals surface area (Å²) < 4.78 is 12.8. The molecule has 0 bridgehead atoms. The fraction of sp³-hybridized carbons (Fsp3) is 0.222. The maximum absolute atomic E-state index is 12.8. The third kappa shape index (κ3) is 3.50. The molecule has 1 aromatic carbocycles. The lowest BCUT2D eigenvalue weighted by Crippen LogP contribution is -1.97. The molecule has 0 aliphatic heterocycles. The van der Waals surface area contributed by atoms with E-state index in [0.717, 1.165) is 30.0 Å². The van der Waals surface area contributed by atoms with Gasteiger partial charge in [0.15, 0.2) is 0 Å². The summed E-state index contributed by atoms with van der Waals surface area (Å²) in [5.74, 6) is -1.41. The van der Waals surface area contributed by atoms with Crippen molar-refractivity contribution >= 4 is 23.4 Å². The smallest absolute Gasteiger partial charge is 0.304 e. The van der Waals surface area contributed by atoms with E-state index in [1.165, 1.54) is 0 Å². The summed E-state index contributed by atoms with van der Waals surface area (Å²) in [5.41, 5.74) is -0.211. The second-order valence-electron chi connectivity index (χ2n) is 2.86. The number of nitro groups is 1. The Morgan fingerprint density at radius 3 is 2.81 bits per heavy atom. The van der Waals surface area contributed by atoms with E-state index >= 15 is 0 Å². The number of hydrogen-bond acceptors (Lipinski definition) is 4. The van der Waals surface area contributed by atoms with Crippen LogP contribution in [0.1, 0.15) is 6.42 Å². The molecule has 1 aromatic rings. The fourth-order valence-corrected chi connectivity index (χ4v) is 1.99. The van der Waals surface area contributed by atoms with E-state index < -0.39 is 16.7 Å². The van der Waals surface area contributed by atoms with Gasteiger partial charge in [-0.15, -0.1) is 11.8 Å². The number of aliphatic carboxylic acids is 1. The Morgan fingerprint density at radius 1 is 1.56 bits per heavy atom. The third-order valence-electron chi connectivity index (χ3n) is 1.69. The van der Waals surface area contributed by atoms with E-state index in [1.54, 1.807) is 0 Å². The Morgan fingerprint density at radius 2 is 2.25 bits per heavy atom. The topological polar surface area (TPSA) is 80.4 Å². The highest BCUT2D eigenvalue weighted by molar-refractivity contribution is 7.99. The van der Waals surface area contributed by atoms with Crippen LogP contribution in [0.5, 0.6) is 0 Å². The van der Waals surface area contributed by atoms with E-state index in [4.69, 9.17) is 5.11 Å². The molecule has 5 nitrogen and oxygen atoms in total. The molecule has 7 heteroatoms. The Hall–Kier alpha value is -1.63. The molecule has 1 rings (SSSR count). The molecule has 0 unspecified atom stereocenters. The number of nitro benzene ring substituents is 1. The van der Waals surface area contributed by atoms with Crippen molar-refractivity contribution in [3.63, 3.8) is 0 Å². The molecule has 16 heavy (non-hydrogen) atoms. The summed E-state index contributed by atoms with van der Waals surface area (Å²) in [6.07, 6.45) is -0.127. The Kier molecular flexibility index (Phi) is 4.24. The van der Waals surface area contributed by atoms with Crippen molar-refractivity contribution in [3.8, 4) is 0 Å². The van der Waals surface area contributed by atoms with E-state index in [2.05, 4.69) is 0 Å². The number of carbonyl (C=O) groups is 1. The Bertz CT molecular complexity index is 424. The number of halogens is 1. The van der Waals surface area contributed by atoms with Crippen molar-refractivity contribution < 1.29 is 19.2 Å². The van der Waals surface area contributed by atoms with Crippen LogP contribution in [0.4, 0.5) is 10.1 Å². The number of carboxylic acids is 1. The molecule has 0 spiro atoms. The molecule has 0 saturated heterocycles. The van der Waals surface area contributed by atoms with Crippen molar-refractivity contribution in [2.75, 3.05) is 5.75 Å². The van der Waals surface area contributed by atoms with Gasteiger partial charge in [0.05, 0.1) is 16.2 Å². The van der Waals surface area contributed by atoms with Gasteiger partial charge in [-0.05, 0) is 12.1 Å². The number of nitrogens with zero attached hydrogens (tertiary/aromatic N) is 1. The minimum atomic E-state index is -0.994. The van der Waals surface area contributed by atoms with Gasteiger partial charge in [-0.3, -0.25) is 14.9 Å². The standard InChI is InChI=1S/C9H8FNO4S/c10-6-1-2-7(11(14)15)8(5-6)16-4-3-9(12)13/h1-2,5H,3-4H2,(H,12,13). The molecular weight excluding hydrogens is 237 g/mol. The zero-order chi connectivity index (χ0) is 12.1. The van der Waals surface area contributed by atoms with Gasteiger partial charge < -0.3 is 5.11 Å². The normalized spacial score (nSPS) is 10.1. The van der Waals surface area contributed by atoms with Crippen LogP contribution < -0.4 is 0 Å². The van der Waals surface area contributed by atoms with Gasteiger partial charge in [0.25, 0.3) is 5.69 Å². The zero-order valence-corrected chi connectivity index (χ0v) is 8.87. The van der Waals surface area contributed by atoms with E-state index in [9.17, 15) is 19.3 Å². The SMILES string of the molecule is O=C(O)CCSc1cc(F)ccc1[N+](=O)[O-]. The van der Waals surface area contributed by atoms with Crippen molar-refractivity contribution in [1.82, 2.24) is 0 Å². The molecule has 0 atom stereocenters. The monoisotopic (exact) mass is 245 g/mol. The largest absolute Gasteiger partial charge is 0.481 e. The molecule has 0 aliphatic rings. The minimum absolute atomic E-state index is 0.127. The highest BCUT2D eigenvalue weighted by atomic mass is 32.2. The van der Waals surface area contributed by atoms with Crippen LogP contribution in [-0.2, 0) is 4.79 Å². The molecule has 0 heterocycles. The lowest BCUT2D eigenvalue weighted by Gasteiger charge is -2.01. The lowest BCUT2D eigenvalue weighted by atomic mass is 10.3. The first-order valence-electron chi connectivity index (χ1n) is 4.29. The summed E-state index contributed by atoms with van der Waals surface area (Å²) in [5, 5.41) is 19.0. The summed E-state index contributed by atoms with van der Waals surface area (Å²) in [7, 11) is 0. The molecule has 0 amide bonds. The highest BCUT2D eigenvalue weighted by Crippen LogP contribution is 2.30. The number of thioether (sulfide) groups is 1. The van der Waals surface area contributed by atoms with Crippen LogP contribution >= 0.6 is 11.8 Å². The fourth-order valence-electron chi connectivity index (χ4n) is 1.00. The van der Waals surface area contributed by atoms with Crippen LogP contribution in [0.3, 0.4) is 0 Å². The van der Waals surface area contributed by atoms with Crippen LogP contribution in [0, 0.1) is 15.9 Å². The second-order valence-corrected chi connectivity index (χ2v) is 4.00. The minimum Gasteiger partial charge on any atom is -0.481 e. The van der Waals surface area contributed by atoms with Crippen molar-refractivity contribution in [1.29, 1.82) is 0 Å². The average molecular weight is 245 g/mol. The summed E-state index contributed by atoms with van der Waals surface area (Å²) in [6, 6.07) is 3.10. The molecule has 0 aromatic heterocycles. The molecule has 0 fully saturated rings. The van der Waals surface area contributed by atoms with Crippen LogP contribution in [0.25, 0.3) is 0 Å². The maximum atomic E-state index is 12.8. The molecule has 1 N–H and O–H groups in total. The molecule has 86 valence electrons. The summed E-state index contributed by atoms with van der Waals surface area (Å²) in [6.45, 7) is 0. The van der Waals surface area contributed by atoms with Gasteiger partial charge >= 0.3 is 5.97 Å². The Balaban J connectivity index is 2.80. The third-order valence-corrected chi connectivity index (χ3v) is 2.74. The van der Waals surface area contributed by atoms with E-state index in [-0.39, 0.29) is 22.8 Å².